The fourth-order valence-corrected chi connectivity index (χ4v) is 4.60. The van der Waals surface area contributed by atoms with Crippen molar-refractivity contribution in [2.24, 2.45) is 0 Å². The molecule has 0 saturated carbocycles. The number of hydrogen-bond acceptors (Lipinski definition) is 6. The van der Waals surface area contributed by atoms with Gasteiger partial charge >= 0.3 is 0 Å². The molecule has 3 aliphatic rings. The van der Waals surface area contributed by atoms with Gasteiger partial charge in [0.25, 0.3) is 0 Å². The molecule has 2 heterocycles. The molecule has 26 heavy (non-hydrogen) atoms. The Balaban J connectivity index is 1.89. The third-order valence-electron chi connectivity index (χ3n) is 5.74. The van der Waals surface area contributed by atoms with Crippen molar-refractivity contribution in [3.8, 4) is 34.1 Å². The number of aliphatic hydroxyl groups is 1. The number of ether oxygens (including phenoxy) is 4. The first-order chi connectivity index (χ1) is 12.7. The van der Waals surface area contributed by atoms with Crippen molar-refractivity contribution in [1.82, 2.24) is 4.90 Å². The Hall–Kier alpha value is -2.44. The molecule has 0 amide bonds. The van der Waals surface area contributed by atoms with Crippen LogP contribution in [0.1, 0.15) is 28.8 Å². The molecule has 0 fully saturated rings. The molecule has 0 unspecified atom stereocenters. The highest BCUT2D eigenvalue weighted by molar-refractivity contribution is 5.86. The molecule has 5 rings (SSSR count). The molecule has 0 saturated heterocycles. The Morgan fingerprint density at radius 2 is 2.00 bits per heavy atom. The van der Waals surface area contributed by atoms with Gasteiger partial charge < -0.3 is 24.1 Å². The van der Waals surface area contributed by atoms with Crippen LogP contribution in [-0.4, -0.2) is 44.6 Å². The summed E-state index contributed by atoms with van der Waals surface area (Å²) in [5.74, 6) is 2.71. The Labute approximate surface area is 151 Å². The highest BCUT2D eigenvalue weighted by Gasteiger charge is 2.44. The van der Waals surface area contributed by atoms with Crippen molar-refractivity contribution in [2.75, 3.05) is 34.6 Å². The Kier molecular flexibility index (Phi) is 3.36. The summed E-state index contributed by atoms with van der Waals surface area (Å²) in [6, 6.07) is 5.76. The highest BCUT2D eigenvalue weighted by atomic mass is 16.7. The van der Waals surface area contributed by atoms with Crippen LogP contribution in [0.4, 0.5) is 0 Å². The molecular formula is C20H21NO5. The molecule has 2 aliphatic heterocycles. The first-order valence-electron chi connectivity index (χ1n) is 8.74. The lowest BCUT2D eigenvalue weighted by Gasteiger charge is -2.43. The van der Waals surface area contributed by atoms with E-state index < -0.39 is 6.10 Å². The summed E-state index contributed by atoms with van der Waals surface area (Å²) in [5, 5.41) is 11.3. The molecule has 1 N–H and O–H groups in total. The third kappa shape index (κ3) is 1.88. The van der Waals surface area contributed by atoms with E-state index in [1.165, 1.54) is 5.56 Å². The molecule has 2 aromatic rings. The van der Waals surface area contributed by atoms with Crippen molar-refractivity contribution >= 4 is 0 Å². The summed E-state index contributed by atoms with van der Waals surface area (Å²) in [5.41, 5.74) is 5.02. The van der Waals surface area contributed by atoms with Crippen LogP contribution in [0.25, 0.3) is 11.1 Å². The number of methoxy groups -OCH3 is 2. The van der Waals surface area contributed by atoms with Crippen molar-refractivity contribution in [3.05, 3.63) is 34.9 Å². The van der Waals surface area contributed by atoms with Crippen molar-refractivity contribution < 1.29 is 24.1 Å². The standard InChI is InChI=1S/C20H21NO5/c1-21-7-6-10-8-13-20(26-9-25-13)15-11-4-5-12(23-2)19(24-3)16(11)18(22)17(21)14(10)15/h4-5,8,17-18,22H,6-7,9H2,1-3H3/t17-,18+/m0/s1. The highest BCUT2D eigenvalue weighted by Crippen LogP contribution is 2.59. The van der Waals surface area contributed by atoms with Crippen LogP contribution in [0.15, 0.2) is 18.2 Å². The maximum atomic E-state index is 11.3. The van der Waals surface area contributed by atoms with Crippen molar-refractivity contribution in [1.29, 1.82) is 0 Å². The number of benzene rings is 2. The lowest BCUT2D eigenvalue weighted by Crippen LogP contribution is -2.38. The second-order valence-electron chi connectivity index (χ2n) is 6.94. The predicted molar refractivity (Wildman–Crippen MR) is 95.1 cm³/mol. The second kappa shape index (κ2) is 5.53. The van der Waals surface area contributed by atoms with E-state index in [2.05, 4.69) is 11.0 Å². The molecule has 6 heteroatoms. The van der Waals surface area contributed by atoms with Gasteiger partial charge in [0.1, 0.15) is 6.10 Å². The van der Waals surface area contributed by atoms with Crippen molar-refractivity contribution in [3.63, 3.8) is 0 Å². The smallest absolute Gasteiger partial charge is 0.231 e. The van der Waals surface area contributed by atoms with Gasteiger partial charge in [0.15, 0.2) is 23.0 Å². The van der Waals surface area contributed by atoms with E-state index in [1.807, 2.05) is 19.2 Å². The van der Waals surface area contributed by atoms with Gasteiger partial charge in [0.2, 0.25) is 6.79 Å². The van der Waals surface area contributed by atoms with E-state index in [4.69, 9.17) is 18.9 Å². The number of aliphatic hydroxyl groups excluding tert-OH is 1. The van der Waals surface area contributed by atoms with E-state index >= 15 is 0 Å². The van der Waals surface area contributed by atoms with Gasteiger partial charge in [-0.15, -0.1) is 0 Å². The average Bonchev–Trinajstić information content (AvgIpc) is 3.12. The topological polar surface area (TPSA) is 60.4 Å². The summed E-state index contributed by atoms with van der Waals surface area (Å²) in [7, 11) is 5.25. The van der Waals surface area contributed by atoms with Crippen LogP contribution in [-0.2, 0) is 6.42 Å². The molecule has 6 nitrogen and oxygen atoms in total. The van der Waals surface area contributed by atoms with E-state index in [0.29, 0.717) is 11.5 Å². The number of rotatable bonds is 2. The number of fused-ring (bicyclic) bond motifs is 4. The maximum Gasteiger partial charge on any atom is 0.231 e. The molecular weight excluding hydrogens is 334 g/mol. The summed E-state index contributed by atoms with van der Waals surface area (Å²) in [4.78, 5) is 2.19. The van der Waals surface area contributed by atoms with Crippen LogP contribution in [0.3, 0.4) is 0 Å². The Bertz CT molecular complexity index is 910. The molecule has 0 spiro atoms. The summed E-state index contributed by atoms with van der Waals surface area (Å²) >= 11 is 0. The third-order valence-corrected chi connectivity index (χ3v) is 5.74. The first-order valence-corrected chi connectivity index (χ1v) is 8.74. The minimum absolute atomic E-state index is 0.156. The molecule has 0 radical (unpaired) electrons. The largest absolute Gasteiger partial charge is 0.493 e. The van der Waals surface area contributed by atoms with Gasteiger partial charge in [0.05, 0.1) is 20.3 Å². The Morgan fingerprint density at radius 3 is 2.77 bits per heavy atom. The average molecular weight is 355 g/mol. The van der Waals surface area contributed by atoms with E-state index in [0.717, 1.165) is 46.7 Å². The minimum atomic E-state index is -0.716. The summed E-state index contributed by atoms with van der Waals surface area (Å²) < 4.78 is 22.6. The van der Waals surface area contributed by atoms with Crippen LogP contribution < -0.4 is 18.9 Å². The van der Waals surface area contributed by atoms with E-state index in [9.17, 15) is 5.11 Å². The van der Waals surface area contributed by atoms with Crippen LogP contribution in [0, 0.1) is 0 Å². The van der Waals surface area contributed by atoms with Gasteiger partial charge in [0, 0.05) is 17.7 Å². The molecule has 136 valence electrons. The lowest BCUT2D eigenvalue weighted by atomic mass is 9.74. The lowest BCUT2D eigenvalue weighted by molar-refractivity contribution is 0.0523. The number of nitrogens with zero attached hydrogens (tertiary/aromatic N) is 1. The van der Waals surface area contributed by atoms with Gasteiger partial charge in [-0.25, -0.2) is 0 Å². The zero-order valence-electron chi connectivity index (χ0n) is 15.0. The first kappa shape index (κ1) is 15.8. The fourth-order valence-electron chi connectivity index (χ4n) is 4.60. The normalized spacial score (nSPS) is 22.6. The van der Waals surface area contributed by atoms with Gasteiger partial charge in [-0.3, -0.25) is 4.90 Å². The molecule has 1 aliphatic carbocycles. The van der Waals surface area contributed by atoms with Crippen LogP contribution in [0.5, 0.6) is 23.0 Å². The fraction of sp³-hybridized carbons (Fsp3) is 0.400. The van der Waals surface area contributed by atoms with Gasteiger partial charge in [-0.2, -0.15) is 0 Å². The van der Waals surface area contributed by atoms with E-state index in [-0.39, 0.29) is 12.8 Å². The summed E-state index contributed by atoms with van der Waals surface area (Å²) in [6.45, 7) is 1.09. The van der Waals surface area contributed by atoms with E-state index in [1.54, 1.807) is 14.2 Å². The quantitative estimate of drug-likeness (QED) is 0.894. The number of likely N-dealkylation sites (N-methyl/N-ethyl adjacent to an activating group) is 1. The zero-order chi connectivity index (χ0) is 18.0. The molecule has 2 atom stereocenters. The van der Waals surface area contributed by atoms with Crippen LogP contribution in [0.2, 0.25) is 0 Å². The second-order valence-corrected chi connectivity index (χ2v) is 6.94. The predicted octanol–water partition coefficient (Wildman–Crippen LogP) is 2.68. The molecule has 0 bridgehead atoms. The van der Waals surface area contributed by atoms with Crippen LogP contribution >= 0.6 is 0 Å². The molecule has 0 aromatic heterocycles. The molecule has 2 aromatic carbocycles. The number of hydrogen-bond donors (Lipinski definition) is 1. The Morgan fingerprint density at radius 1 is 1.15 bits per heavy atom. The monoisotopic (exact) mass is 355 g/mol. The van der Waals surface area contributed by atoms with Crippen molar-refractivity contribution in [2.45, 2.75) is 18.6 Å². The SMILES string of the molecule is COc1ccc2c(c1OC)[C@@H](O)[C@@H]1c3c(cc4c(c3-2)OCO4)CCN1C. The zero-order valence-corrected chi connectivity index (χ0v) is 15.0. The minimum Gasteiger partial charge on any atom is -0.493 e. The van der Waals surface area contributed by atoms with Gasteiger partial charge in [-0.1, -0.05) is 0 Å². The maximum absolute atomic E-state index is 11.3. The van der Waals surface area contributed by atoms with Gasteiger partial charge in [-0.05, 0) is 48.4 Å². The summed E-state index contributed by atoms with van der Waals surface area (Å²) in [6.07, 6.45) is 0.202.